The Balaban J connectivity index is 1.93. The maximum atomic E-state index is 11.6. The van der Waals surface area contributed by atoms with Gasteiger partial charge in [-0.25, -0.2) is 9.78 Å². The molecule has 0 saturated heterocycles. The Morgan fingerprint density at radius 1 is 1.50 bits per heavy atom. The third kappa shape index (κ3) is 3.71. The highest BCUT2D eigenvalue weighted by molar-refractivity contribution is 7.09. The van der Waals surface area contributed by atoms with E-state index in [0.29, 0.717) is 17.9 Å². The van der Waals surface area contributed by atoms with Crippen molar-refractivity contribution in [3.05, 3.63) is 40.3 Å². The van der Waals surface area contributed by atoms with Gasteiger partial charge in [-0.05, 0) is 25.1 Å². The van der Waals surface area contributed by atoms with Crippen LogP contribution in [0.15, 0.2) is 29.8 Å². The fourth-order valence-corrected chi connectivity index (χ4v) is 2.37. The van der Waals surface area contributed by atoms with Crippen LogP contribution in [0.3, 0.4) is 0 Å². The van der Waals surface area contributed by atoms with Crippen molar-refractivity contribution in [1.82, 2.24) is 4.98 Å². The number of rotatable bonds is 6. The van der Waals surface area contributed by atoms with E-state index < -0.39 is 0 Å². The normalized spacial score (nSPS) is 10.2. The van der Waals surface area contributed by atoms with E-state index in [9.17, 15) is 4.79 Å². The molecule has 0 bridgehead atoms. The van der Waals surface area contributed by atoms with Gasteiger partial charge in [0.25, 0.3) is 0 Å². The highest BCUT2D eigenvalue weighted by Crippen LogP contribution is 2.20. The minimum atomic E-state index is -0.353. The number of esters is 1. The first-order valence-corrected chi connectivity index (χ1v) is 7.27. The smallest absolute Gasteiger partial charge is 0.338 e. The number of anilines is 2. The van der Waals surface area contributed by atoms with E-state index in [2.05, 4.69) is 10.3 Å². The van der Waals surface area contributed by atoms with Gasteiger partial charge in [0.2, 0.25) is 0 Å². The number of ether oxygens (including phenoxy) is 1. The molecular formula is C14H17N3O2S. The van der Waals surface area contributed by atoms with Crippen LogP contribution in [-0.2, 0) is 11.2 Å². The maximum Gasteiger partial charge on any atom is 0.338 e. The van der Waals surface area contributed by atoms with Crippen molar-refractivity contribution < 1.29 is 9.53 Å². The third-order valence-corrected chi connectivity index (χ3v) is 3.54. The molecule has 2 rings (SSSR count). The van der Waals surface area contributed by atoms with Crippen LogP contribution in [-0.4, -0.2) is 24.1 Å². The average molecular weight is 291 g/mol. The van der Waals surface area contributed by atoms with Crippen LogP contribution < -0.4 is 11.1 Å². The zero-order valence-corrected chi connectivity index (χ0v) is 12.1. The van der Waals surface area contributed by atoms with E-state index >= 15 is 0 Å². The van der Waals surface area contributed by atoms with Crippen LogP contribution in [0.1, 0.15) is 22.3 Å². The Morgan fingerprint density at radius 2 is 2.35 bits per heavy atom. The van der Waals surface area contributed by atoms with Crippen molar-refractivity contribution in [2.45, 2.75) is 13.3 Å². The lowest BCUT2D eigenvalue weighted by Gasteiger charge is -2.10. The fraction of sp³-hybridized carbons (Fsp3) is 0.286. The van der Waals surface area contributed by atoms with Gasteiger partial charge in [0, 0.05) is 24.5 Å². The first-order valence-electron chi connectivity index (χ1n) is 6.39. The Kier molecular flexibility index (Phi) is 4.95. The quantitative estimate of drug-likeness (QED) is 0.632. The summed E-state index contributed by atoms with van der Waals surface area (Å²) in [6.45, 7) is 2.87. The van der Waals surface area contributed by atoms with Gasteiger partial charge in [0.15, 0.2) is 0 Å². The van der Waals surface area contributed by atoms with Crippen molar-refractivity contribution in [2.75, 3.05) is 24.2 Å². The number of nitrogens with zero attached hydrogens (tertiary/aromatic N) is 1. The summed E-state index contributed by atoms with van der Waals surface area (Å²) in [6.07, 6.45) is 2.64. The molecule has 106 valence electrons. The van der Waals surface area contributed by atoms with Gasteiger partial charge >= 0.3 is 5.97 Å². The fourth-order valence-electron chi connectivity index (χ4n) is 1.75. The van der Waals surface area contributed by atoms with E-state index in [1.165, 1.54) is 0 Å². The minimum Gasteiger partial charge on any atom is -0.462 e. The van der Waals surface area contributed by atoms with E-state index in [-0.39, 0.29) is 5.97 Å². The zero-order chi connectivity index (χ0) is 14.4. The monoisotopic (exact) mass is 291 g/mol. The molecule has 0 unspecified atom stereocenters. The summed E-state index contributed by atoms with van der Waals surface area (Å²) in [5.41, 5.74) is 7.75. The van der Waals surface area contributed by atoms with E-state index in [0.717, 1.165) is 23.7 Å². The highest BCUT2D eigenvalue weighted by atomic mass is 32.1. The second-order valence-corrected chi connectivity index (χ2v) is 5.10. The summed E-state index contributed by atoms with van der Waals surface area (Å²) in [5, 5.41) is 6.28. The third-order valence-electron chi connectivity index (χ3n) is 2.70. The van der Waals surface area contributed by atoms with Crippen LogP contribution in [0.4, 0.5) is 11.4 Å². The second-order valence-electron chi connectivity index (χ2n) is 4.13. The maximum absolute atomic E-state index is 11.6. The van der Waals surface area contributed by atoms with Gasteiger partial charge in [-0.2, -0.15) is 0 Å². The Morgan fingerprint density at radius 3 is 3.00 bits per heavy atom. The molecule has 0 atom stereocenters. The van der Waals surface area contributed by atoms with Crippen LogP contribution in [0.2, 0.25) is 0 Å². The molecule has 0 spiro atoms. The van der Waals surface area contributed by atoms with Gasteiger partial charge in [0.05, 0.1) is 28.6 Å². The lowest BCUT2D eigenvalue weighted by atomic mass is 10.1. The predicted molar refractivity (Wildman–Crippen MR) is 81.1 cm³/mol. The molecule has 2 aromatic rings. The van der Waals surface area contributed by atoms with E-state index in [1.807, 2.05) is 5.38 Å². The van der Waals surface area contributed by atoms with Crippen LogP contribution in [0, 0.1) is 0 Å². The average Bonchev–Trinajstić information content (AvgIpc) is 2.94. The Labute approximate surface area is 121 Å². The van der Waals surface area contributed by atoms with Crippen LogP contribution in [0.25, 0.3) is 0 Å². The number of nitrogens with one attached hydrogen (secondary N) is 1. The number of nitrogen functional groups attached to an aromatic ring is 1. The van der Waals surface area contributed by atoms with Gasteiger partial charge in [0.1, 0.15) is 0 Å². The molecule has 0 amide bonds. The van der Waals surface area contributed by atoms with Crippen molar-refractivity contribution in [3.63, 3.8) is 0 Å². The number of carbonyl (C=O) groups excluding carboxylic acids is 1. The van der Waals surface area contributed by atoms with Gasteiger partial charge < -0.3 is 15.8 Å². The van der Waals surface area contributed by atoms with Gasteiger partial charge in [-0.15, -0.1) is 11.3 Å². The molecule has 5 nitrogen and oxygen atoms in total. The van der Waals surface area contributed by atoms with Gasteiger partial charge in [-0.1, -0.05) is 0 Å². The summed E-state index contributed by atoms with van der Waals surface area (Å²) in [5.74, 6) is -0.353. The summed E-state index contributed by atoms with van der Waals surface area (Å²) < 4.78 is 4.93. The van der Waals surface area contributed by atoms with Gasteiger partial charge in [-0.3, -0.25) is 0 Å². The second kappa shape index (κ2) is 6.91. The molecule has 0 fully saturated rings. The first-order chi connectivity index (χ1) is 9.70. The molecule has 0 aliphatic rings. The first kappa shape index (κ1) is 14.3. The van der Waals surface area contributed by atoms with Crippen molar-refractivity contribution in [2.24, 2.45) is 0 Å². The summed E-state index contributed by atoms with van der Waals surface area (Å²) in [6, 6.07) is 5.13. The molecule has 3 N–H and O–H groups in total. The molecule has 1 aromatic carbocycles. The molecule has 0 aliphatic heterocycles. The lowest BCUT2D eigenvalue weighted by molar-refractivity contribution is 0.0526. The van der Waals surface area contributed by atoms with Crippen molar-refractivity contribution in [3.8, 4) is 0 Å². The van der Waals surface area contributed by atoms with Crippen molar-refractivity contribution in [1.29, 1.82) is 0 Å². The standard InChI is InChI=1S/C14H17N3O2S/c1-2-19-14(18)10-3-4-12(11(15)9-10)16-6-5-13-17-7-8-20-13/h3-4,7-9,16H,2,5-6,15H2,1H3. The summed E-state index contributed by atoms with van der Waals surface area (Å²) >= 11 is 1.63. The zero-order valence-electron chi connectivity index (χ0n) is 11.3. The van der Waals surface area contributed by atoms with E-state index in [1.54, 1.807) is 42.7 Å². The van der Waals surface area contributed by atoms with E-state index in [4.69, 9.17) is 10.5 Å². The number of hydrogen-bond acceptors (Lipinski definition) is 6. The Hall–Kier alpha value is -2.08. The van der Waals surface area contributed by atoms with Crippen molar-refractivity contribution >= 4 is 28.7 Å². The SMILES string of the molecule is CCOC(=O)c1ccc(NCCc2nccs2)c(N)c1. The molecule has 1 aromatic heterocycles. The van der Waals surface area contributed by atoms with Crippen LogP contribution >= 0.6 is 11.3 Å². The predicted octanol–water partition coefficient (Wildman–Crippen LogP) is 2.56. The molecule has 1 heterocycles. The highest BCUT2D eigenvalue weighted by Gasteiger charge is 2.08. The number of hydrogen-bond donors (Lipinski definition) is 2. The number of carbonyl (C=O) groups is 1. The number of benzene rings is 1. The minimum absolute atomic E-state index is 0.353. The number of nitrogens with two attached hydrogens (primary N) is 1. The molecule has 20 heavy (non-hydrogen) atoms. The topological polar surface area (TPSA) is 77.2 Å². The largest absolute Gasteiger partial charge is 0.462 e. The molecular weight excluding hydrogens is 274 g/mol. The summed E-state index contributed by atoms with van der Waals surface area (Å²) in [7, 11) is 0. The Bertz CT molecular complexity index is 570. The lowest BCUT2D eigenvalue weighted by Crippen LogP contribution is -2.09. The summed E-state index contributed by atoms with van der Waals surface area (Å²) in [4.78, 5) is 15.8. The molecule has 0 saturated carbocycles. The molecule has 0 aliphatic carbocycles. The number of thiazole rings is 1. The molecule has 6 heteroatoms. The molecule has 0 radical (unpaired) electrons. The van der Waals surface area contributed by atoms with Crippen LogP contribution in [0.5, 0.6) is 0 Å². The number of aromatic nitrogens is 1.